The van der Waals surface area contributed by atoms with Crippen LogP contribution in [0.1, 0.15) is 30.4 Å². The molecule has 0 spiro atoms. The standard InChI is InChI=1S/C29H32N2O3/c1-4-23-19-31(29(32)34-20-22-8-6-5-7-9-22)17-15-24(23)11-10-21(2)26-14-16-30-28-13-12-25(33-3)18-27(26)28/h4-9,12-14,16,18,23-24H,1-2,10-11,15,17,19-20H2,3H3/t23-,24+/m0/s1. The average molecular weight is 457 g/mol. The third-order valence-corrected chi connectivity index (χ3v) is 6.72. The van der Waals surface area contributed by atoms with Gasteiger partial charge in [0.2, 0.25) is 0 Å². The summed E-state index contributed by atoms with van der Waals surface area (Å²) in [6.45, 7) is 10.1. The molecule has 4 rings (SSSR count). The molecule has 0 bridgehead atoms. The van der Waals surface area contributed by atoms with Gasteiger partial charge in [-0.3, -0.25) is 4.98 Å². The molecule has 2 aromatic carbocycles. The van der Waals surface area contributed by atoms with E-state index in [0.29, 0.717) is 25.6 Å². The number of ether oxygens (including phenoxy) is 2. The largest absolute Gasteiger partial charge is 0.497 e. The second-order valence-corrected chi connectivity index (χ2v) is 8.82. The Bertz CT molecular complexity index is 1160. The van der Waals surface area contributed by atoms with E-state index in [4.69, 9.17) is 9.47 Å². The molecule has 0 radical (unpaired) electrons. The zero-order valence-corrected chi connectivity index (χ0v) is 19.8. The summed E-state index contributed by atoms with van der Waals surface area (Å²) in [6, 6.07) is 17.7. The van der Waals surface area contributed by atoms with Gasteiger partial charge in [-0.25, -0.2) is 4.79 Å². The fraction of sp³-hybridized carbons (Fsp3) is 0.310. The van der Waals surface area contributed by atoms with Crippen LogP contribution in [0.15, 0.2) is 80.0 Å². The molecule has 1 aliphatic rings. The number of fused-ring (bicyclic) bond motifs is 1. The van der Waals surface area contributed by atoms with Crippen LogP contribution < -0.4 is 4.74 Å². The van der Waals surface area contributed by atoms with E-state index in [1.165, 1.54) is 0 Å². The van der Waals surface area contributed by atoms with Crippen molar-refractivity contribution in [2.75, 3.05) is 20.2 Å². The third-order valence-electron chi connectivity index (χ3n) is 6.72. The minimum atomic E-state index is -0.254. The fourth-order valence-electron chi connectivity index (χ4n) is 4.69. The Labute approximate surface area is 201 Å². The van der Waals surface area contributed by atoms with E-state index in [1.807, 2.05) is 71.8 Å². The molecule has 1 amide bonds. The van der Waals surface area contributed by atoms with Crippen molar-refractivity contribution in [2.24, 2.45) is 11.8 Å². The monoisotopic (exact) mass is 456 g/mol. The van der Waals surface area contributed by atoms with Gasteiger partial charge in [0, 0.05) is 24.7 Å². The van der Waals surface area contributed by atoms with Crippen molar-refractivity contribution >= 4 is 22.6 Å². The zero-order valence-electron chi connectivity index (χ0n) is 19.8. The second kappa shape index (κ2) is 11.0. The van der Waals surface area contributed by atoms with Crippen LogP contribution in [0, 0.1) is 11.8 Å². The van der Waals surface area contributed by atoms with Crippen molar-refractivity contribution in [1.29, 1.82) is 0 Å². The predicted octanol–water partition coefficient (Wildman–Crippen LogP) is 6.50. The normalized spacial score (nSPS) is 17.9. The van der Waals surface area contributed by atoms with Gasteiger partial charge in [0.15, 0.2) is 0 Å². The molecule has 5 heteroatoms. The van der Waals surface area contributed by atoms with Gasteiger partial charge in [-0.2, -0.15) is 0 Å². The fourth-order valence-corrected chi connectivity index (χ4v) is 4.69. The van der Waals surface area contributed by atoms with Gasteiger partial charge in [0.05, 0.1) is 12.6 Å². The van der Waals surface area contributed by atoms with Gasteiger partial charge < -0.3 is 14.4 Å². The maximum atomic E-state index is 12.6. The summed E-state index contributed by atoms with van der Waals surface area (Å²) in [6.07, 6.45) is 6.36. The molecule has 1 aliphatic heterocycles. The molecule has 176 valence electrons. The molecule has 2 atom stereocenters. The lowest BCUT2D eigenvalue weighted by molar-refractivity contribution is 0.0712. The Balaban J connectivity index is 1.34. The van der Waals surface area contributed by atoms with E-state index in [2.05, 4.69) is 18.1 Å². The van der Waals surface area contributed by atoms with Gasteiger partial charge in [0.25, 0.3) is 0 Å². The highest BCUT2D eigenvalue weighted by molar-refractivity contribution is 5.91. The molecule has 1 saturated heterocycles. The number of carbonyl (C=O) groups excluding carboxylic acids is 1. The molecule has 34 heavy (non-hydrogen) atoms. The van der Waals surface area contributed by atoms with Crippen LogP contribution in [-0.4, -0.2) is 36.2 Å². The number of benzene rings is 2. The van der Waals surface area contributed by atoms with Gasteiger partial charge in [-0.15, -0.1) is 6.58 Å². The van der Waals surface area contributed by atoms with Crippen LogP contribution in [0.5, 0.6) is 5.75 Å². The van der Waals surface area contributed by atoms with E-state index in [0.717, 1.165) is 52.6 Å². The topological polar surface area (TPSA) is 51.7 Å². The Morgan fingerprint density at radius 2 is 2.03 bits per heavy atom. The molecule has 0 aliphatic carbocycles. The molecular formula is C29H32N2O3. The van der Waals surface area contributed by atoms with Crippen LogP contribution in [0.2, 0.25) is 0 Å². The summed E-state index contributed by atoms with van der Waals surface area (Å²) in [4.78, 5) is 18.9. The summed E-state index contributed by atoms with van der Waals surface area (Å²) in [7, 11) is 1.67. The van der Waals surface area contributed by atoms with Crippen molar-refractivity contribution in [1.82, 2.24) is 9.88 Å². The number of nitrogens with zero attached hydrogens (tertiary/aromatic N) is 2. The molecule has 3 aromatic rings. The first-order chi connectivity index (χ1) is 16.6. The predicted molar refractivity (Wildman–Crippen MR) is 137 cm³/mol. The van der Waals surface area contributed by atoms with E-state index in [1.54, 1.807) is 7.11 Å². The van der Waals surface area contributed by atoms with Crippen LogP contribution in [0.25, 0.3) is 16.5 Å². The smallest absolute Gasteiger partial charge is 0.410 e. The lowest BCUT2D eigenvalue weighted by atomic mass is 9.81. The van der Waals surface area contributed by atoms with Gasteiger partial charge in [-0.1, -0.05) is 43.0 Å². The summed E-state index contributed by atoms with van der Waals surface area (Å²) in [5.74, 6) is 1.50. The lowest BCUT2D eigenvalue weighted by Gasteiger charge is -2.37. The number of hydrogen-bond acceptors (Lipinski definition) is 4. The van der Waals surface area contributed by atoms with Crippen LogP contribution in [-0.2, 0) is 11.3 Å². The molecule has 5 nitrogen and oxygen atoms in total. The minimum absolute atomic E-state index is 0.236. The average Bonchev–Trinajstić information content (AvgIpc) is 2.90. The SMILES string of the molecule is C=C[C@H]1CN(C(=O)OCc2ccccc2)CC[C@H]1CCC(=C)c1ccnc2ccc(OC)cc12. The first kappa shape index (κ1) is 23.6. The summed E-state index contributed by atoms with van der Waals surface area (Å²) >= 11 is 0. The number of amides is 1. The number of rotatable bonds is 8. The number of aromatic nitrogens is 1. The minimum Gasteiger partial charge on any atom is -0.497 e. The highest BCUT2D eigenvalue weighted by Crippen LogP contribution is 2.34. The Morgan fingerprint density at radius 1 is 1.21 bits per heavy atom. The van der Waals surface area contributed by atoms with Crippen molar-refractivity contribution in [3.63, 3.8) is 0 Å². The van der Waals surface area contributed by atoms with E-state index >= 15 is 0 Å². The summed E-state index contributed by atoms with van der Waals surface area (Å²) < 4.78 is 10.9. The number of methoxy groups -OCH3 is 1. The number of hydrogen-bond donors (Lipinski definition) is 0. The number of carbonyl (C=O) groups is 1. The van der Waals surface area contributed by atoms with Crippen LogP contribution >= 0.6 is 0 Å². The molecule has 0 saturated carbocycles. The first-order valence-corrected chi connectivity index (χ1v) is 11.8. The highest BCUT2D eigenvalue weighted by Gasteiger charge is 2.30. The zero-order chi connectivity index (χ0) is 23.9. The number of pyridine rings is 1. The maximum absolute atomic E-state index is 12.6. The van der Waals surface area contributed by atoms with Crippen LogP contribution in [0.3, 0.4) is 0 Å². The van der Waals surface area contributed by atoms with Crippen molar-refractivity contribution < 1.29 is 14.3 Å². The van der Waals surface area contributed by atoms with E-state index in [-0.39, 0.29) is 12.0 Å². The second-order valence-electron chi connectivity index (χ2n) is 8.82. The first-order valence-electron chi connectivity index (χ1n) is 11.8. The van der Waals surface area contributed by atoms with Crippen LogP contribution in [0.4, 0.5) is 4.79 Å². The Hall–Kier alpha value is -3.60. The molecule has 1 fully saturated rings. The number of allylic oxidation sites excluding steroid dienone is 1. The molecule has 0 unspecified atom stereocenters. The van der Waals surface area contributed by atoms with E-state index in [9.17, 15) is 4.79 Å². The number of likely N-dealkylation sites (tertiary alicyclic amines) is 1. The molecule has 2 heterocycles. The van der Waals surface area contributed by atoms with E-state index < -0.39 is 0 Å². The van der Waals surface area contributed by atoms with Gasteiger partial charge in [-0.05, 0) is 72.1 Å². The van der Waals surface area contributed by atoms with Crippen molar-refractivity contribution in [3.05, 3.63) is 91.2 Å². The lowest BCUT2D eigenvalue weighted by Crippen LogP contribution is -2.43. The third kappa shape index (κ3) is 5.48. The quantitative estimate of drug-likeness (QED) is 0.363. The maximum Gasteiger partial charge on any atom is 0.410 e. The molecular weight excluding hydrogens is 424 g/mol. The Morgan fingerprint density at radius 3 is 2.79 bits per heavy atom. The Kier molecular flexibility index (Phi) is 7.63. The van der Waals surface area contributed by atoms with Gasteiger partial charge >= 0.3 is 6.09 Å². The molecule has 1 aromatic heterocycles. The van der Waals surface area contributed by atoms with Crippen molar-refractivity contribution in [2.45, 2.75) is 25.9 Å². The summed E-state index contributed by atoms with van der Waals surface area (Å²) in [5, 5.41) is 1.06. The van der Waals surface area contributed by atoms with Crippen molar-refractivity contribution in [3.8, 4) is 5.75 Å². The molecule has 0 N–H and O–H groups in total. The number of piperidine rings is 1. The van der Waals surface area contributed by atoms with Gasteiger partial charge in [0.1, 0.15) is 12.4 Å². The highest BCUT2D eigenvalue weighted by atomic mass is 16.6. The summed E-state index contributed by atoms with van der Waals surface area (Å²) in [5.41, 5.74) is 4.13.